The van der Waals surface area contributed by atoms with Gasteiger partial charge in [-0.05, 0) is 38.0 Å². The van der Waals surface area contributed by atoms with Crippen LogP contribution in [0.25, 0.3) is 0 Å². The molecule has 0 aliphatic carbocycles. The van der Waals surface area contributed by atoms with Gasteiger partial charge >= 0.3 is 0 Å². The van der Waals surface area contributed by atoms with E-state index in [0.717, 1.165) is 37.6 Å². The summed E-state index contributed by atoms with van der Waals surface area (Å²) in [6.07, 6.45) is 3.38. The van der Waals surface area contributed by atoms with E-state index in [1.807, 2.05) is 18.2 Å². The standard InChI is InChI=1S/C18H27NO3/c1-5-6-16-7-8-17(18(11-16)20-4)21-10-9-19-12-14(2)22-15(3)13-19/h5,7-8,11,14-15H,1,6,9-10,12-13H2,2-4H3/p+1/t14-,15-/m0/s1. The van der Waals surface area contributed by atoms with E-state index >= 15 is 0 Å². The number of benzene rings is 1. The summed E-state index contributed by atoms with van der Waals surface area (Å²) in [7, 11) is 1.68. The van der Waals surface area contributed by atoms with Crippen LogP contribution in [-0.2, 0) is 11.2 Å². The number of quaternary nitrogens is 1. The van der Waals surface area contributed by atoms with E-state index in [1.54, 1.807) is 7.11 Å². The van der Waals surface area contributed by atoms with Crippen LogP contribution in [0.5, 0.6) is 11.5 Å². The van der Waals surface area contributed by atoms with Crippen LogP contribution in [0.2, 0.25) is 0 Å². The fourth-order valence-electron chi connectivity index (χ4n) is 3.02. The maximum absolute atomic E-state index is 5.92. The van der Waals surface area contributed by atoms with E-state index in [9.17, 15) is 0 Å². The second-order valence-corrected chi connectivity index (χ2v) is 5.99. The summed E-state index contributed by atoms with van der Waals surface area (Å²) >= 11 is 0. The minimum atomic E-state index is 0.325. The van der Waals surface area contributed by atoms with Gasteiger partial charge in [0.05, 0.1) is 7.11 Å². The van der Waals surface area contributed by atoms with Crippen LogP contribution in [0.3, 0.4) is 0 Å². The highest BCUT2D eigenvalue weighted by Crippen LogP contribution is 2.28. The molecule has 1 aromatic carbocycles. The highest BCUT2D eigenvalue weighted by molar-refractivity contribution is 5.43. The number of hydrogen-bond acceptors (Lipinski definition) is 3. The first-order valence-corrected chi connectivity index (χ1v) is 8.02. The SMILES string of the molecule is C=CCc1ccc(OCC[NH+]2C[C@H](C)O[C@@H](C)C2)c(OC)c1. The lowest BCUT2D eigenvalue weighted by atomic mass is 10.1. The zero-order valence-electron chi connectivity index (χ0n) is 13.9. The molecule has 1 heterocycles. The lowest BCUT2D eigenvalue weighted by Crippen LogP contribution is -3.16. The first-order chi connectivity index (χ1) is 10.6. The van der Waals surface area contributed by atoms with Crippen molar-refractivity contribution in [1.29, 1.82) is 0 Å². The van der Waals surface area contributed by atoms with Crippen LogP contribution in [0.1, 0.15) is 19.4 Å². The highest BCUT2D eigenvalue weighted by Gasteiger charge is 2.25. The molecular weight excluding hydrogens is 278 g/mol. The summed E-state index contributed by atoms with van der Waals surface area (Å²) in [5, 5.41) is 0. The van der Waals surface area contributed by atoms with Gasteiger partial charge in [0.2, 0.25) is 0 Å². The molecule has 4 nitrogen and oxygen atoms in total. The maximum atomic E-state index is 5.92. The number of rotatable bonds is 7. The molecule has 122 valence electrons. The summed E-state index contributed by atoms with van der Waals surface area (Å²) in [6, 6.07) is 6.06. The third kappa shape index (κ3) is 4.75. The molecule has 1 saturated heterocycles. The first-order valence-electron chi connectivity index (χ1n) is 8.02. The van der Waals surface area contributed by atoms with E-state index in [0.29, 0.717) is 18.8 Å². The van der Waals surface area contributed by atoms with Crippen molar-refractivity contribution in [2.45, 2.75) is 32.5 Å². The minimum Gasteiger partial charge on any atom is -0.493 e. The average Bonchev–Trinajstić information content (AvgIpc) is 2.48. The lowest BCUT2D eigenvalue weighted by Gasteiger charge is -2.32. The zero-order valence-corrected chi connectivity index (χ0v) is 13.9. The molecule has 22 heavy (non-hydrogen) atoms. The second kappa shape index (κ2) is 8.20. The Morgan fingerprint density at radius 1 is 1.27 bits per heavy atom. The third-order valence-electron chi connectivity index (χ3n) is 3.94. The largest absolute Gasteiger partial charge is 0.493 e. The van der Waals surface area contributed by atoms with Crippen LogP contribution < -0.4 is 14.4 Å². The van der Waals surface area contributed by atoms with Gasteiger partial charge in [-0.25, -0.2) is 0 Å². The van der Waals surface area contributed by atoms with Crippen molar-refractivity contribution < 1.29 is 19.1 Å². The normalized spacial score (nSPS) is 24.8. The molecule has 0 spiro atoms. The Kier molecular flexibility index (Phi) is 6.28. The van der Waals surface area contributed by atoms with Gasteiger partial charge < -0.3 is 19.1 Å². The van der Waals surface area contributed by atoms with Crippen molar-refractivity contribution >= 4 is 0 Å². The van der Waals surface area contributed by atoms with Crippen molar-refractivity contribution in [3.05, 3.63) is 36.4 Å². The first kappa shape index (κ1) is 16.8. The highest BCUT2D eigenvalue weighted by atomic mass is 16.5. The summed E-state index contributed by atoms with van der Waals surface area (Å²) < 4.78 is 17.1. The number of methoxy groups -OCH3 is 1. The van der Waals surface area contributed by atoms with Gasteiger partial charge in [0.15, 0.2) is 11.5 Å². The Bertz CT molecular complexity index is 479. The predicted octanol–water partition coefficient (Wildman–Crippen LogP) is 1.49. The number of morpholine rings is 1. The summed E-state index contributed by atoms with van der Waals surface area (Å²) in [5.74, 6) is 1.60. The minimum absolute atomic E-state index is 0.325. The maximum Gasteiger partial charge on any atom is 0.161 e. The van der Waals surface area contributed by atoms with Gasteiger partial charge in [0.1, 0.15) is 38.4 Å². The van der Waals surface area contributed by atoms with Crippen molar-refractivity contribution in [3.63, 3.8) is 0 Å². The molecule has 1 fully saturated rings. The summed E-state index contributed by atoms with van der Waals surface area (Å²) in [4.78, 5) is 1.54. The number of ether oxygens (including phenoxy) is 3. The van der Waals surface area contributed by atoms with E-state index in [1.165, 1.54) is 10.5 Å². The molecule has 2 rings (SSSR count). The molecule has 1 aliphatic rings. The second-order valence-electron chi connectivity index (χ2n) is 5.99. The monoisotopic (exact) mass is 306 g/mol. The molecule has 1 aromatic rings. The Morgan fingerprint density at radius 2 is 2.00 bits per heavy atom. The van der Waals surface area contributed by atoms with E-state index in [-0.39, 0.29) is 0 Å². The Balaban J connectivity index is 1.87. The number of nitrogens with one attached hydrogen (secondary N) is 1. The molecule has 4 heteroatoms. The average molecular weight is 306 g/mol. The molecule has 0 saturated carbocycles. The molecule has 0 amide bonds. The zero-order chi connectivity index (χ0) is 15.9. The molecule has 0 unspecified atom stereocenters. The van der Waals surface area contributed by atoms with E-state index in [4.69, 9.17) is 14.2 Å². The smallest absolute Gasteiger partial charge is 0.161 e. The molecular formula is C18H28NO3+. The third-order valence-corrected chi connectivity index (χ3v) is 3.94. The van der Waals surface area contributed by atoms with Crippen LogP contribution in [0.15, 0.2) is 30.9 Å². The van der Waals surface area contributed by atoms with Crippen LogP contribution >= 0.6 is 0 Å². The van der Waals surface area contributed by atoms with Gasteiger partial charge in [-0.1, -0.05) is 12.1 Å². The van der Waals surface area contributed by atoms with Gasteiger partial charge in [0, 0.05) is 0 Å². The van der Waals surface area contributed by atoms with Crippen molar-refractivity contribution in [3.8, 4) is 11.5 Å². The molecule has 2 atom stereocenters. The van der Waals surface area contributed by atoms with Crippen LogP contribution in [0, 0.1) is 0 Å². The van der Waals surface area contributed by atoms with Crippen molar-refractivity contribution in [2.75, 3.05) is 33.4 Å². The van der Waals surface area contributed by atoms with Gasteiger partial charge in [-0.2, -0.15) is 0 Å². The Morgan fingerprint density at radius 3 is 2.64 bits per heavy atom. The van der Waals surface area contributed by atoms with Crippen molar-refractivity contribution in [2.24, 2.45) is 0 Å². The molecule has 1 aliphatic heterocycles. The van der Waals surface area contributed by atoms with E-state index in [2.05, 4.69) is 26.5 Å². The fraction of sp³-hybridized carbons (Fsp3) is 0.556. The van der Waals surface area contributed by atoms with Gasteiger partial charge in [-0.15, -0.1) is 6.58 Å². The van der Waals surface area contributed by atoms with Crippen molar-refractivity contribution in [1.82, 2.24) is 0 Å². The van der Waals surface area contributed by atoms with Crippen LogP contribution in [-0.4, -0.2) is 45.6 Å². The quantitative estimate of drug-likeness (QED) is 0.775. The summed E-state index contributed by atoms with van der Waals surface area (Å²) in [6.45, 7) is 11.8. The summed E-state index contributed by atoms with van der Waals surface area (Å²) in [5.41, 5.74) is 1.18. The van der Waals surface area contributed by atoms with E-state index < -0.39 is 0 Å². The Hall–Kier alpha value is -1.52. The Labute approximate surface area is 133 Å². The number of allylic oxidation sites excluding steroid dienone is 1. The lowest BCUT2D eigenvalue weighted by molar-refractivity contribution is -0.915. The number of hydrogen-bond donors (Lipinski definition) is 1. The molecule has 1 N–H and O–H groups in total. The topological polar surface area (TPSA) is 32.1 Å². The predicted molar refractivity (Wildman–Crippen MR) is 88.0 cm³/mol. The van der Waals surface area contributed by atoms with Gasteiger partial charge in [-0.3, -0.25) is 0 Å². The fourth-order valence-corrected chi connectivity index (χ4v) is 3.02. The van der Waals surface area contributed by atoms with Crippen LogP contribution in [0.4, 0.5) is 0 Å². The molecule has 0 bridgehead atoms. The van der Waals surface area contributed by atoms with Gasteiger partial charge in [0.25, 0.3) is 0 Å². The molecule has 0 aromatic heterocycles. The molecule has 0 radical (unpaired) electrons.